The first-order valence-electron chi connectivity index (χ1n) is 11.8. The average Bonchev–Trinajstić information content (AvgIpc) is 3.19. The second-order valence-corrected chi connectivity index (χ2v) is 9.18. The first-order valence-corrected chi connectivity index (χ1v) is 11.8. The maximum Gasteiger partial charge on any atom is 0.319 e. The highest BCUT2D eigenvalue weighted by atomic mass is 16.5. The van der Waals surface area contributed by atoms with Gasteiger partial charge in [-0.1, -0.05) is 12.1 Å². The van der Waals surface area contributed by atoms with Gasteiger partial charge in [0, 0.05) is 51.5 Å². The van der Waals surface area contributed by atoms with E-state index >= 15 is 0 Å². The van der Waals surface area contributed by atoms with E-state index in [4.69, 9.17) is 9.47 Å². The molecule has 3 atom stereocenters. The molecular weight excluding hydrogens is 404 g/mol. The zero-order chi connectivity index (χ0) is 22.7. The first kappa shape index (κ1) is 22.8. The van der Waals surface area contributed by atoms with Crippen LogP contribution in [0.5, 0.6) is 11.9 Å². The Hall–Kier alpha value is -2.38. The van der Waals surface area contributed by atoms with Crippen molar-refractivity contribution in [1.29, 1.82) is 0 Å². The number of hydrogen-bond acceptors (Lipinski definition) is 7. The van der Waals surface area contributed by atoms with Gasteiger partial charge in [-0.15, -0.1) is 0 Å². The van der Waals surface area contributed by atoms with Crippen molar-refractivity contribution in [3.05, 3.63) is 41.6 Å². The lowest BCUT2D eigenvalue weighted by Gasteiger charge is -2.41. The number of aromatic nitrogens is 2. The van der Waals surface area contributed by atoms with Crippen LogP contribution in [0.3, 0.4) is 0 Å². The molecule has 0 amide bonds. The van der Waals surface area contributed by atoms with E-state index in [1.165, 1.54) is 11.3 Å². The van der Waals surface area contributed by atoms with E-state index in [9.17, 15) is 5.11 Å². The lowest BCUT2D eigenvalue weighted by molar-refractivity contribution is -0.0672. The number of anilines is 1. The Kier molecular flexibility index (Phi) is 6.86. The predicted octanol–water partition coefficient (Wildman–Crippen LogP) is 3.46. The largest absolute Gasteiger partial charge is 0.478 e. The van der Waals surface area contributed by atoms with Crippen molar-refractivity contribution < 1.29 is 14.6 Å². The highest BCUT2D eigenvalue weighted by Crippen LogP contribution is 2.50. The van der Waals surface area contributed by atoms with Gasteiger partial charge in [-0.25, -0.2) is 4.98 Å². The number of hydrogen-bond donors (Lipinski definition) is 1. The molecule has 174 valence electrons. The molecule has 2 aliphatic rings. The van der Waals surface area contributed by atoms with Crippen molar-refractivity contribution in [3.8, 4) is 11.9 Å². The zero-order valence-corrected chi connectivity index (χ0v) is 19.8. The van der Waals surface area contributed by atoms with Crippen LogP contribution in [0.4, 0.5) is 5.69 Å². The van der Waals surface area contributed by atoms with Gasteiger partial charge in [0.15, 0.2) is 0 Å². The van der Waals surface area contributed by atoms with Crippen LogP contribution in [-0.4, -0.2) is 60.4 Å². The number of aliphatic hydroxyl groups is 1. The summed E-state index contributed by atoms with van der Waals surface area (Å²) in [5.41, 5.74) is 2.23. The third-order valence-corrected chi connectivity index (χ3v) is 6.87. The van der Waals surface area contributed by atoms with Gasteiger partial charge in [-0.05, 0) is 56.7 Å². The van der Waals surface area contributed by atoms with Gasteiger partial charge in [0.25, 0.3) is 0 Å². The van der Waals surface area contributed by atoms with Gasteiger partial charge in [0.1, 0.15) is 5.60 Å². The van der Waals surface area contributed by atoms with E-state index in [2.05, 4.69) is 58.1 Å². The highest BCUT2D eigenvalue weighted by Gasteiger charge is 2.51. The third-order valence-electron chi connectivity index (χ3n) is 6.87. The van der Waals surface area contributed by atoms with Gasteiger partial charge in [0.2, 0.25) is 5.88 Å². The van der Waals surface area contributed by atoms with E-state index in [1.54, 1.807) is 6.20 Å². The Labute approximate surface area is 191 Å². The molecular formula is C25H36N4O3. The van der Waals surface area contributed by atoms with Crippen LogP contribution in [0.2, 0.25) is 0 Å². The summed E-state index contributed by atoms with van der Waals surface area (Å²) in [6.07, 6.45) is 4.55. The molecule has 1 saturated heterocycles. The molecule has 1 aliphatic carbocycles. The Bertz CT molecular complexity index is 905. The molecule has 2 heterocycles. The molecule has 0 bridgehead atoms. The number of benzene rings is 1. The van der Waals surface area contributed by atoms with Crippen LogP contribution in [0.25, 0.3) is 0 Å². The monoisotopic (exact) mass is 440 g/mol. The minimum atomic E-state index is -0.984. The highest BCUT2D eigenvalue weighted by molar-refractivity contribution is 5.46. The number of ether oxygens (including phenoxy) is 2. The number of likely N-dealkylation sites (tertiary alicyclic amines) is 1. The molecule has 2 fully saturated rings. The molecule has 32 heavy (non-hydrogen) atoms. The number of rotatable bonds is 8. The molecule has 1 N–H and O–H groups in total. The maximum atomic E-state index is 12.0. The maximum absolute atomic E-state index is 12.0. The summed E-state index contributed by atoms with van der Waals surface area (Å²) < 4.78 is 11.3. The minimum absolute atomic E-state index is 0.137. The van der Waals surface area contributed by atoms with Crippen molar-refractivity contribution in [1.82, 2.24) is 14.9 Å². The standard InChI is InChI=1S/C25H36N4O3/c1-5-31-23-21(14-26-24(27-23)32-6-2)25(30)13-7-8-19-16-29(17-22(19)25)15-18-9-11-20(12-10-18)28(3)4/h9-12,14,19,22,30H,5-8,13,15-17H2,1-4H3/t19-,22+,25+/m0/s1. The van der Waals surface area contributed by atoms with Crippen LogP contribution >= 0.6 is 0 Å². The van der Waals surface area contributed by atoms with Crippen LogP contribution in [0.1, 0.15) is 44.2 Å². The Balaban J connectivity index is 1.55. The first-order chi connectivity index (χ1) is 15.4. The summed E-state index contributed by atoms with van der Waals surface area (Å²) in [5, 5.41) is 12.0. The summed E-state index contributed by atoms with van der Waals surface area (Å²) in [6, 6.07) is 9.04. The summed E-state index contributed by atoms with van der Waals surface area (Å²) in [5.74, 6) is 1.04. The fourth-order valence-corrected chi connectivity index (χ4v) is 5.33. The fraction of sp³-hybridized carbons (Fsp3) is 0.600. The van der Waals surface area contributed by atoms with Crippen LogP contribution in [0, 0.1) is 11.8 Å². The summed E-state index contributed by atoms with van der Waals surface area (Å²) >= 11 is 0. The lowest BCUT2D eigenvalue weighted by atomic mass is 9.68. The van der Waals surface area contributed by atoms with E-state index in [1.807, 2.05) is 13.8 Å². The van der Waals surface area contributed by atoms with Gasteiger partial charge in [-0.2, -0.15) is 4.98 Å². The van der Waals surface area contributed by atoms with Crippen molar-refractivity contribution >= 4 is 5.69 Å². The van der Waals surface area contributed by atoms with Gasteiger partial charge in [-0.3, -0.25) is 4.90 Å². The Morgan fingerprint density at radius 2 is 1.88 bits per heavy atom. The molecule has 7 nitrogen and oxygen atoms in total. The van der Waals surface area contributed by atoms with Crippen molar-refractivity contribution in [2.75, 3.05) is 45.3 Å². The number of fused-ring (bicyclic) bond motifs is 1. The fourth-order valence-electron chi connectivity index (χ4n) is 5.33. The summed E-state index contributed by atoms with van der Waals surface area (Å²) in [6.45, 7) is 7.56. The normalized spacial score (nSPS) is 25.4. The molecule has 1 saturated carbocycles. The lowest BCUT2D eigenvalue weighted by Crippen LogP contribution is -2.43. The molecule has 0 spiro atoms. The van der Waals surface area contributed by atoms with Crippen LogP contribution < -0.4 is 14.4 Å². The molecule has 0 radical (unpaired) electrons. The second kappa shape index (κ2) is 9.63. The van der Waals surface area contributed by atoms with Crippen LogP contribution in [0.15, 0.2) is 30.5 Å². The zero-order valence-electron chi connectivity index (χ0n) is 19.8. The summed E-state index contributed by atoms with van der Waals surface area (Å²) in [7, 11) is 4.12. The molecule has 0 unspecified atom stereocenters. The van der Waals surface area contributed by atoms with E-state index in [0.717, 1.165) is 32.5 Å². The van der Waals surface area contributed by atoms with Crippen LogP contribution in [-0.2, 0) is 12.1 Å². The molecule has 1 aromatic heterocycles. The van der Waals surface area contributed by atoms with Crippen molar-refractivity contribution in [2.45, 2.75) is 45.3 Å². The van der Waals surface area contributed by atoms with Gasteiger partial charge >= 0.3 is 6.01 Å². The predicted molar refractivity (Wildman–Crippen MR) is 125 cm³/mol. The van der Waals surface area contributed by atoms with Crippen molar-refractivity contribution in [3.63, 3.8) is 0 Å². The molecule has 2 aromatic rings. The summed E-state index contributed by atoms with van der Waals surface area (Å²) in [4.78, 5) is 13.4. The van der Waals surface area contributed by atoms with Gasteiger partial charge in [0.05, 0.1) is 18.8 Å². The van der Waals surface area contributed by atoms with E-state index in [0.29, 0.717) is 43.0 Å². The Morgan fingerprint density at radius 1 is 1.12 bits per heavy atom. The molecule has 1 aromatic carbocycles. The average molecular weight is 441 g/mol. The topological polar surface area (TPSA) is 71.0 Å². The quantitative estimate of drug-likeness (QED) is 0.674. The van der Waals surface area contributed by atoms with Crippen molar-refractivity contribution in [2.24, 2.45) is 11.8 Å². The van der Waals surface area contributed by atoms with Gasteiger partial charge < -0.3 is 19.5 Å². The molecule has 4 rings (SSSR count). The third kappa shape index (κ3) is 4.55. The minimum Gasteiger partial charge on any atom is -0.478 e. The Morgan fingerprint density at radius 3 is 2.56 bits per heavy atom. The molecule has 7 heteroatoms. The van der Waals surface area contributed by atoms with E-state index in [-0.39, 0.29) is 5.92 Å². The van der Waals surface area contributed by atoms with E-state index < -0.39 is 5.60 Å². The smallest absolute Gasteiger partial charge is 0.319 e. The molecule has 1 aliphatic heterocycles. The second-order valence-electron chi connectivity index (χ2n) is 9.18. The SMILES string of the molecule is CCOc1ncc([C@]2(O)CCC[C@H]3CN(Cc4ccc(N(C)C)cc4)C[C@H]32)c(OCC)n1. The number of nitrogens with zero attached hydrogens (tertiary/aromatic N) is 4.